The van der Waals surface area contributed by atoms with E-state index in [1.807, 2.05) is 109 Å². The van der Waals surface area contributed by atoms with Crippen LogP contribution in [-0.2, 0) is 49.7 Å². The lowest BCUT2D eigenvalue weighted by molar-refractivity contribution is -0.144. The molecule has 6 aromatic carbocycles. The third kappa shape index (κ3) is 12.4. The maximum absolute atomic E-state index is 14.6. The van der Waals surface area contributed by atoms with E-state index in [2.05, 4.69) is 10.6 Å². The second-order valence-electron chi connectivity index (χ2n) is 16.1. The fourth-order valence-corrected chi connectivity index (χ4v) is 7.89. The number of hydrogen-bond donors (Lipinski definition) is 3. The van der Waals surface area contributed by atoms with Crippen molar-refractivity contribution in [3.8, 4) is 28.0 Å². The molecule has 8 rings (SSSR count). The largest absolute Gasteiger partial charge is 0.486 e. The van der Waals surface area contributed by atoms with Crippen molar-refractivity contribution in [1.29, 1.82) is 0 Å². The molecule has 6 aromatic rings. The summed E-state index contributed by atoms with van der Waals surface area (Å²) in [6.45, 7) is -0.320. The number of benzene rings is 6. The lowest BCUT2D eigenvalue weighted by Crippen LogP contribution is -2.54. The zero-order valence-electron chi connectivity index (χ0n) is 34.8. The van der Waals surface area contributed by atoms with E-state index in [-0.39, 0.29) is 56.7 Å². The van der Waals surface area contributed by atoms with Crippen molar-refractivity contribution in [3.05, 3.63) is 186 Å². The molecule has 2 aliphatic heterocycles. The Labute approximate surface area is 366 Å². The average molecular weight is 845 g/mol. The first-order chi connectivity index (χ1) is 30.6. The fraction of sp³-hybridized carbons (Fsp3) is 0.226. The van der Waals surface area contributed by atoms with Gasteiger partial charge in [0.2, 0.25) is 11.8 Å². The molecular formula is C53H49FN2O7. The molecule has 0 radical (unpaired) electrons. The molecule has 2 aliphatic rings. The number of fused-ring (bicyclic) bond motifs is 16. The number of ketones is 2. The number of nitrogens with one attached hydrogen (secondary N) is 2. The van der Waals surface area contributed by atoms with Gasteiger partial charge >= 0.3 is 5.97 Å². The number of amides is 2. The van der Waals surface area contributed by atoms with Crippen molar-refractivity contribution in [2.24, 2.45) is 11.8 Å². The van der Waals surface area contributed by atoms with Crippen molar-refractivity contribution in [2.45, 2.75) is 57.0 Å². The Bertz CT molecular complexity index is 2490. The van der Waals surface area contributed by atoms with E-state index in [9.17, 15) is 33.5 Å². The van der Waals surface area contributed by atoms with Crippen LogP contribution in [0.4, 0.5) is 4.39 Å². The monoisotopic (exact) mass is 844 g/mol. The molecule has 0 saturated carbocycles. The standard InChI is InChI=1S/C53H49FN2O7/c54-45-24-22-42(23-25-45)41-18-11-36(12-19-41)29-43-32-46(57)34-63-47-26-15-37(16-27-47)30-44(53(61)62)33-50(58)48(28-17-35-7-3-1-4-8-35)55-52(60)49(56-51(43)59)31-38-13-20-40(21-14-38)39-9-5-2-6-10-39/h1-16,18-27,43-44,48-49H,17,28-34H2,(H,55,60)(H,56,59)(H,61,62)/t43-,44-,48+,49-/m1/s1. The van der Waals surface area contributed by atoms with Crippen LogP contribution in [0.2, 0.25) is 0 Å². The topological polar surface area (TPSA) is 139 Å². The first-order valence-electron chi connectivity index (χ1n) is 21.2. The Hall–Kier alpha value is -7.20. The minimum absolute atomic E-state index is 0.0594. The van der Waals surface area contributed by atoms with Crippen LogP contribution in [0.5, 0.6) is 5.75 Å². The summed E-state index contributed by atoms with van der Waals surface area (Å²) < 4.78 is 19.4. The number of carboxylic acid groups (broad SMARTS) is 1. The third-order valence-electron chi connectivity index (χ3n) is 11.5. The lowest BCUT2D eigenvalue weighted by Gasteiger charge is -2.26. The number of aliphatic carboxylic acids is 1. The number of carboxylic acids is 1. The van der Waals surface area contributed by atoms with E-state index in [4.69, 9.17) is 4.74 Å². The second kappa shape index (κ2) is 21.1. The van der Waals surface area contributed by atoms with Crippen molar-refractivity contribution >= 4 is 29.4 Å². The van der Waals surface area contributed by atoms with Crippen molar-refractivity contribution < 1.29 is 38.2 Å². The number of rotatable bonds is 10. The predicted molar refractivity (Wildman–Crippen MR) is 239 cm³/mol. The van der Waals surface area contributed by atoms with E-state index in [0.717, 1.165) is 38.9 Å². The fourth-order valence-electron chi connectivity index (χ4n) is 7.89. The van der Waals surface area contributed by atoms with Crippen LogP contribution in [0.1, 0.15) is 41.5 Å². The molecule has 3 N–H and O–H groups in total. The van der Waals surface area contributed by atoms with Crippen LogP contribution in [0.3, 0.4) is 0 Å². The number of Topliss-reactive ketones (excluding diaryl/α,β-unsaturated/α-hetero) is 2. The maximum Gasteiger partial charge on any atom is 0.307 e. The van der Waals surface area contributed by atoms with Gasteiger partial charge in [0.15, 0.2) is 11.6 Å². The summed E-state index contributed by atoms with van der Waals surface area (Å²) in [5.41, 5.74) is 6.76. The average Bonchev–Trinajstić information content (AvgIpc) is 3.30. The van der Waals surface area contributed by atoms with Crippen LogP contribution in [0, 0.1) is 17.7 Å². The molecule has 63 heavy (non-hydrogen) atoms. The first kappa shape index (κ1) is 43.9. The first-order valence-corrected chi connectivity index (χ1v) is 21.2. The van der Waals surface area contributed by atoms with Gasteiger partial charge in [0.05, 0.1) is 12.0 Å². The Morgan fingerprint density at radius 2 is 1.11 bits per heavy atom. The number of aryl methyl sites for hydroxylation is 1. The maximum atomic E-state index is 14.6. The highest BCUT2D eigenvalue weighted by molar-refractivity contribution is 5.95. The van der Waals surface area contributed by atoms with Gasteiger partial charge in [-0.2, -0.15) is 0 Å². The zero-order chi connectivity index (χ0) is 44.1. The molecule has 0 aliphatic carbocycles. The number of ether oxygens (including phenoxy) is 1. The molecule has 0 unspecified atom stereocenters. The number of carbonyl (C=O) groups is 5. The van der Waals surface area contributed by atoms with Crippen LogP contribution >= 0.6 is 0 Å². The highest BCUT2D eigenvalue weighted by Crippen LogP contribution is 2.25. The van der Waals surface area contributed by atoms with Crippen molar-refractivity contribution in [1.82, 2.24) is 10.6 Å². The normalized spacial score (nSPS) is 18.9. The van der Waals surface area contributed by atoms with Gasteiger partial charge in [-0.3, -0.25) is 24.0 Å². The second-order valence-corrected chi connectivity index (χ2v) is 16.1. The quantitative estimate of drug-likeness (QED) is 0.126. The smallest absolute Gasteiger partial charge is 0.307 e. The molecule has 0 saturated heterocycles. The van der Waals surface area contributed by atoms with Gasteiger partial charge in [-0.15, -0.1) is 0 Å². The SMILES string of the molecule is O=C1COc2ccc(cc2)C[C@@H](C(=O)O)CC(=O)[C@H](CCc2ccccc2)NC(=O)[C@@H](Cc2ccc(-c3ccccc3)cc2)NC(=O)[C@H](Cc2ccc(-c3ccc(F)cc3)cc2)C1. The molecule has 2 bridgehead atoms. The molecule has 0 fully saturated rings. The summed E-state index contributed by atoms with van der Waals surface area (Å²) >= 11 is 0. The van der Waals surface area contributed by atoms with E-state index in [1.165, 1.54) is 12.1 Å². The van der Waals surface area contributed by atoms with Crippen molar-refractivity contribution in [2.75, 3.05) is 6.61 Å². The van der Waals surface area contributed by atoms with Gasteiger partial charge in [0.1, 0.15) is 24.2 Å². The minimum Gasteiger partial charge on any atom is -0.486 e. The lowest BCUT2D eigenvalue weighted by atomic mass is 9.90. The number of halogens is 1. The Kier molecular flexibility index (Phi) is 14.7. The summed E-state index contributed by atoms with van der Waals surface area (Å²) in [6, 6.07) is 45.0. The van der Waals surface area contributed by atoms with E-state index < -0.39 is 47.5 Å². The number of hydrogen-bond acceptors (Lipinski definition) is 6. The molecule has 2 heterocycles. The molecule has 10 heteroatoms. The molecular weight excluding hydrogens is 796 g/mol. The van der Waals surface area contributed by atoms with E-state index >= 15 is 0 Å². The van der Waals surface area contributed by atoms with Crippen LogP contribution in [-0.4, -0.2) is 53.1 Å². The van der Waals surface area contributed by atoms with Crippen LogP contribution in [0.25, 0.3) is 22.3 Å². The molecule has 320 valence electrons. The van der Waals surface area contributed by atoms with Crippen molar-refractivity contribution in [3.63, 3.8) is 0 Å². The summed E-state index contributed by atoms with van der Waals surface area (Å²) in [4.78, 5) is 69.4. The van der Waals surface area contributed by atoms with Gasteiger partial charge < -0.3 is 20.5 Å². The molecule has 0 spiro atoms. The molecule has 2 amide bonds. The molecule has 4 atom stereocenters. The van der Waals surface area contributed by atoms with Gasteiger partial charge in [-0.05, 0) is 94.5 Å². The van der Waals surface area contributed by atoms with Crippen LogP contribution < -0.4 is 15.4 Å². The van der Waals surface area contributed by atoms with Gasteiger partial charge in [-0.25, -0.2) is 4.39 Å². The third-order valence-corrected chi connectivity index (χ3v) is 11.5. The highest BCUT2D eigenvalue weighted by Gasteiger charge is 2.32. The van der Waals surface area contributed by atoms with E-state index in [0.29, 0.717) is 17.7 Å². The number of carbonyl (C=O) groups excluding carboxylic acids is 4. The Morgan fingerprint density at radius 1 is 0.571 bits per heavy atom. The summed E-state index contributed by atoms with van der Waals surface area (Å²) in [6.07, 6.45) is 0.385. The molecule has 0 aromatic heterocycles. The van der Waals surface area contributed by atoms with Gasteiger partial charge in [-0.1, -0.05) is 133 Å². The summed E-state index contributed by atoms with van der Waals surface area (Å²) in [7, 11) is 0. The Morgan fingerprint density at radius 3 is 1.71 bits per heavy atom. The molecule has 9 nitrogen and oxygen atoms in total. The van der Waals surface area contributed by atoms with Crippen LogP contribution in [0.15, 0.2) is 158 Å². The Balaban J connectivity index is 1.21. The highest BCUT2D eigenvalue weighted by atomic mass is 19.1. The summed E-state index contributed by atoms with van der Waals surface area (Å²) in [5, 5.41) is 16.1. The summed E-state index contributed by atoms with van der Waals surface area (Å²) in [5.74, 6) is -5.01. The van der Waals surface area contributed by atoms with E-state index in [1.54, 1.807) is 36.4 Å². The predicted octanol–water partition coefficient (Wildman–Crippen LogP) is 8.42. The zero-order valence-corrected chi connectivity index (χ0v) is 34.8. The van der Waals surface area contributed by atoms with Gasteiger partial charge in [0.25, 0.3) is 0 Å². The minimum atomic E-state index is -1.17. The van der Waals surface area contributed by atoms with Gasteiger partial charge in [0, 0.05) is 25.2 Å².